The lowest BCUT2D eigenvalue weighted by molar-refractivity contribution is -0.384. The molecule has 1 heterocycles. The van der Waals surface area contributed by atoms with Gasteiger partial charge in [-0.15, -0.1) is 0 Å². The van der Waals surface area contributed by atoms with Crippen LogP contribution in [0.3, 0.4) is 0 Å². The third-order valence-electron chi connectivity index (χ3n) is 3.79. The molecule has 2 aromatic carbocycles. The van der Waals surface area contributed by atoms with Gasteiger partial charge in [-0.2, -0.15) is 10.2 Å². The standard InChI is InChI=1S/C18H15N5O4/c1-11-7-14(23(26)27)8-13(17(11)24)10-19-22-18(25)16-9-15(20-21-16)12-5-3-2-4-6-12/h2-10,24H,1H3,(H,20,21)(H,22,25)/b19-10-. The van der Waals surface area contributed by atoms with Gasteiger partial charge in [0.25, 0.3) is 11.6 Å². The molecule has 0 spiro atoms. The molecule has 27 heavy (non-hydrogen) atoms. The van der Waals surface area contributed by atoms with E-state index in [4.69, 9.17) is 0 Å². The number of phenolic OH excluding ortho intramolecular Hbond substituents is 1. The third-order valence-corrected chi connectivity index (χ3v) is 3.79. The van der Waals surface area contributed by atoms with E-state index in [-0.39, 0.29) is 22.7 Å². The lowest BCUT2D eigenvalue weighted by Gasteiger charge is -2.03. The highest BCUT2D eigenvalue weighted by Gasteiger charge is 2.13. The second kappa shape index (κ2) is 7.48. The molecule has 3 N–H and O–H groups in total. The van der Waals surface area contributed by atoms with E-state index in [1.807, 2.05) is 30.3 Å². The summed E-state index contributed by atoms with van der Waals surface area (Å²) in [6, 6.07) is 13.3. The Morgan fingerprint density at radius 3 is 2.74 bits per heavy atom. The fourth-order valence-corrected chi connectivity index (χ4v) is 2.41. The molecule has 0 saturated heterocycles. The van der Waals surface area contributed by atoms with Crippen molar-refractivity contribution in [1.82, 2.24) is 15.6 Å². The maximum Gasteiger partial charge on any atom is 0.289 e. The number of nitrogens with zero attached hydrogens (tertiary/aromatic N) is 3. The topological polar surface area (TPSA) is 134 Å². The van der Waals surface area contributed by atoms with E-state index in [2.05, 4.69) is 20.7 Å². The van der Waals surface area contributed by atoms with Crippen LogP contribution in [0.2, 0.25) is 0 Å². The van der Waals surface area contributed by atoms with E-state index >= 15 is 0 Å². The van der Waals surface area contributed by atoms with Crippen molar-refractivity contribution in [2.45, 2.75) is 6.92 Å². The summed E-state index contributed by atoms with van der Waals surface area (Å²) in [5.41, 5.74) is 4.22. The zero-order chi connectivity index (χ0) is 19.4. The number of H-pyrrole nitrogens is 1. The van der Waals surface area contributed by atoms with Crippen LogP contribution in [0.4, 0.5) is 5.69 Å². The zero-order valence-corrected chi connectivity index (χ0v) is 14.2. The average molecular weight is 365 g/mol. The van der Waals surface area contributed by atoms with E-state index in [9.17, 15) is 20.0 Å². The number of hydrogen-bond donors (Lipinski definition) is 3. The van der Waals surface area contributed by atoms with Crippen LogP contribution < -0.4 is 5.43 Å². The Morgan fingerprint density at radius 2 is 2.04 bits per heavy atom. The van der Waals surface area contributed by atoms with Crippen molar-refractivity contribution in [2.75, 3.05) is 0 Å². The van der Waals surface area contributed by atoms with Crippen molar-refractivity contribution >= 4 is 17.8 Å². The first-order valence-corrected chi connectivity index (χ1v) is 7.88. The molecule has 1 amide bonds. The number of phenols is 1. The second-order valence-corrected chi connectivity index (χ2v) is 5.69. The number of aromatic nitrogens is 2. The summed E-state index contributed by atoms with van der Waals surface area (Å²) >= 11 is 0. The van der Waals surface area contributed by atoms with Crippen molar-refractivity contribution in [2.24, 2.45) is 5.10 Å². The van der Waals surface area contributed by atoms with E-state index in [1.165, 1.54) is 19.1 Å². The Morgan fingerprint density at radius 1 is 1.30 bits per heavy atom. The molecule has 0 atom stereocenters. The maximum absolute atomic E-state index is 12.1. The molecular formula is C18H15N5O4. The Balaban J connectivity index is 1.73. The summed E-state index contributed by atoms with van der Waals surface area (Å²) in [5, 5.41) is 31.3. The van der Waals surface area contributed by atoms with E-state index in [1.54, 1.807) is 6.07 Å². The number of aryl methyl sites for hydroxylation is 1. The number of amides is 1. The number of hydrogen-bond acceptors (Lipinski definition) is 6. The smallest absolute Gasteiger partial charge is 0.289 e. The van der Waals surface area contributed by atoms with Crippen molar-refractivity contribution in [1.29, 1.82) is 0 Å². The Bertz CT molecular complexity index is 1030. The molecule has 0 fully saturated rings. The molecule has 0 saturated carbocycles. The van der Waals surface area contributed by atoms with Gasteiger partial charge in [0.05, 0.1) is 16.8 Å². The summed E-state index contributed by atoms with van der Waals surface area (Å²) in [6.45, 7) is 1.54. The van der Waals surface area contributed by atoms with Crippen LogP contribution in [0.25, 0.3) is 11.3 Å². The fraction of sp³-hybridized carbons (Fsp3) is 0.0556. The number of aromatic amines is 1. The molecule has 0 unspecified atom stereocenters. The largest absolute Gasteiger partial charge is 0.507 e. The molecule has 1 aromatic heterocycles. The van der Waals surface area contributed by atoms with Gasteiger partial charge in [-0.1, -0.05) is 30.3 Å². The first-order valence-electron chi connectivity index (χ1n) is 7.88. The minimum atomic E-state index is -0.571. The number of nitrogens with one attached hydrogen (secondary N) is 2. The first kappa shape index (κ1) is 17.8. The summed E-state index contributed by atoms with van der Waals surface area (Å²) < 4.78 is 0. The van der Waals surface area contributed by atoms with Gasteiger partial charge in [0, 0.05) is 23.3 Å². The molecule has 3 aromatic rings. The molecule has 0 aliphatic heterocycles. The minimum Gasteiger partial charge on any atom is -0.507 e. The predicted octanol–water partition coefficient (Wildman–Crippen LogP) is 2.76. The molecule has 136 valence electrons. The SMILES string of the molecule is Cc1cc([N+](=O)[O-])cc(/C=N\NC(=O)c2cc(-c3ccccc3)n[nH]2)c1O. The van der Waals surface area contributed by atoms with Crippen molar-refractivity contribution in [3.8, 4) is 17.0 Å². The third kappa shape index (κ3) is 3.98. The molecular weight excluding hydrogens is 350 g/mol. The quantitative estimate of drug-likeness (QED) is 0.363. The summed E-state index contributed by atoms with van der Waals surface area (Å²) in [6.07, 6.45) is 1.14. The molecule has 0 aliphatic rings. The highest BCUT2D eigenvalue weighted by atomic mass is 16.6. The van der Waals surface area contributed by atoms with Crippen LogP contribution >= 0.6 is 0 Å². The molecule has 0 aliphatic carbocycles. The number of nitro benzene ring substituents is 1. The highest BCUT2D eigenvalue weighted by molar-refractivity contribution is 5.94. The van der Waals surface area contributed by atoms with E-state index in [0.29, 0.717) is 11.3 Å². The highest BCUT2D eigenvalue weighted by Crippen LogP contribution is 2.26. The van der Waals surface area contributed by atoms with Crippen LogP contribution in [0.5, 0.6) is 5.75 Å². The van der Waals surface area contributed by atoms with Gasteiger partial charge >= 0.3 is 0 Å². The van der Waals surface area contributed by atoms with Gasteiger partial charge in [-0.3, -0.25) is 20.0 Å². The lowest BCUT2D eigenvalue weighted by Crippen LogP contribution is -2.18. The number of rotatable bonds is 5. The Hall–Kier alpha value is -4.01. The number of hydrazone groups is 1. The van der Waals surface area contributed by atoms with Gasteiger partial charge in [0.2, 0.25) is 0 Å². The molecule has 9 heteroatoms. The predicted molar refractivity (Wildman–Crippen MR) is 98.6 cm³/mol. The summed E-state index contributed by atoms with van der Waals surface area (Å²) in [7, 11) is 0. The van der Waals surface area contributed by atoms with Gasteiger partial charge < -0.3 is 5.11 Å². The number of aromatic hydroxyl groups is 1. The number of nitro groups is 1. The normalized spacial score (nSPS) is 10.9. The van der Waals surface area contributed by atoms with E-state index in [0.717, 1.165) is 11.8 Å². The molecule has 0 bridgehead atoms. The van der Waals surface area contributed by atoms with Gasteiger partial charge in [-0.05, 0) is 18.6 Å². The number of non-ortho nitro benzene ring substituents is 1. The minimum absolute atomic E-state index is 0.122. The number of carbonyl (C=O) groups is 1. The van der Waals surface area contributed by atoms with Crippen molar-refractivity contribution in [3.05, 3.63) is 75.5 Å². The molecule has 9 nitrogen and oxygen atoms in total. The zero-order valence-electron chi connectivity index (χ0n) is 14.2. The van der Waals surface area contributed by atoms with Gasteiger partial charge in [0.15, 0.2) is 0 Å². The number of carbonyl (C=O) groups excluding carboxylic acids is 1. The van der Waals surface area contributed by atoms with Crippen LogP contribution in [-0.4, -0.2) is 32.3 Å². The van der Waals surface area contributed by atoms with Crippen LogP contribution in [0, 0.1) is 17.0 Å². The van der Waals surface area contributed by atoms with Gasteiger partial charge in [0.1, 0.15) is 11.4 Å². The maximum atomic E-state index is 12.1. The van der Waals surface area contributed by atoms with E-state index < -0.39 is 10.8 Å². The monoisotopic (exact) mass is 365 g/mol. The number of benzene rings is 2. The van der Waals surface area contributed by atoms with Crippen molar-refractivity contribution in [3.63, 3.8) is 0 Å². The van der Waals surface area contributed by atoms with Gasteiger partial charge in [-0.25, -0.2) is 5.43 Å². The first-order chi connectivity index (χ1) is 13.0. The van der Waals surface area contributed by atoms with Crippen LogP contribution in [-0.2, 0) is 0 Å². The second-order valence-electron chi connectivity index (χ2n) is 5.69. The molecule has 0 radical (unpaired) electrons. The Labute approximate surface area is 153 Å². The average Bonchev–Trinajstić information content (AvgIpc) is 3.15. The summed E-state index contributed by atoms with van der Waals surface area (Å²) in [5.74, 6) is -0.686. The van der Waals surface area contributed by atoms with Crippen LogP contribution in [0.1, 0.15) is 21.6 Å². The summed E-state index contributed by atoms with van der Waals surface area (Å²) in [4.78, 5) is 22.5. The van der Waals surface area contributed by atoms with Crippen molar-refractivity contribution < 1.29 is 14.8 Å². The Kier molecular flexibility index (Phi) is 4.93. The fourth-order valence-electron chi connectivity index (χ4n) is 2.41. The lowest BCUT2D eigenvalue weighted by atomic mass is 10.1. The van der Waals surface area contributed by atoms with Crippen LogP contribution in [0.15, 0.2) is 53.6 Å². The molecule has 3 rings (SSSR count).